The highest BCUT2D eigenvalue weighted by Crippen LogP contribution is 2.35. The Kier molecular flexibility index (Phi) is 9.65. The largest absolute Gasteiger partial charge is 0.466 e. The molecule has 7 atom stereocenters. The monoisotopic (exact) mass is 562 g/mol. The molecular formula is C21H26N2O12S2. The van der Waals surface area contributed by atoms with Gasteiger partial charge in [-0.05, 0) is 11.6 Å². The number of rotatable bonds is 10. The van der Waals surface area contributed by atoms with E-state index in [4.69, 9.17) is 14.0 Å². The van der Waals surface area contributed by atoms with Crippen molar-refractivity contribution in [3.8, 4) is 0 Å². The number of nitrogens with zero attached hydrogens (tertiary/aromatic N) is 1. The maximum Gasteiger partial charge on any atom is 0.466 e. The molecule has 2 aliphatic heterocycles. The normalized spacial score (nSPS) is 28.7. The van der Waals surface area contributed by atoms with Crippen molar-refractivity contribution in [2.45, 2.75) is 54.7 Å². The molecule has 1 saturated heterocycles. The highest BCUT2D eigenvalue weighted by Gasteiger charge is 2.44. The number of aliphatic hydroxyl groups is 4. The average Bonchev–Trinajstić information content (AvgIpc) is 3.16. The minimum atomic E-state index is -5.04. The van der Waals surface area contributed by atoms with Crippen molar-refractivity contribution in [3.63, 3.8) is 0 Å². The quantitative estimate of drug-likeness (QED) is 0.0517. The first-order valence-corrected chi connectivity index (χ1v) is 13.1. The smallest absolute Gasteiger partial charge is 0.458 e. The fourth-order valence-electron chi connectivity index (χ4n) is 3.70. The summed E-state index contributed by atoms with van der Waals surface area (Å²) in [6, 6.07) is 6.85. The maximum absolute atomic E-state index is 12.6. The molecule has 1 aromatic carbocycles. The molecule has 37 heavy (non-hydrogen) atoms. The van der Waals surface area contributed by atoms with Crippen LogP contribution < -0.4 is 5.32 Å². The number of thioether (sulfide) groups is 1. The summed E-state index contributed by atoms with van der Waals surface area (Å²) in [5.74, 6) is -1.95. The Bertz CT molecular complexity index is 1140. The van der Waals surface area contributed by atoms with E-state index in [1.54, 1.807) is 24.3 Å². The summed E-state index contributed by atoms with van der Waals surface area (Å²) in [7, 11) is -5.04. The lowest BCUT2D eigenvalue weighted by Gasteiger charge is -2.39. The number of esters is 1. The Morgan fingerprint density at radius 3 is 2.59 bits per heavy atom. The molecule has 0 radical (unpaired) electrons. The summed E-state index contributed by atoms with van der Waals surface area (Å²) in [5, 5.41) is 45.2. The summed E-state index contributed by atoms with van der Waals surface area (Å²) in [6.07, 6.45) is -6.94. The zero-order chi connectivity index (χ0) is 27.3. The number of anilines is 1. The van der Waals surface area contributed by atoms with Crippen LogP contribution in [0.2, 0.25) is 0 Å². The molecule has 0 aliphatic carbocycles. The zero-order valence-electron chi connectivity index (χ0n) is 19.1. The molecule has 3 rings (SSSR count). The lowest BCUT2D eigenvalue weighted by Crippen LogP contribution is -2.57. The Morgan fingerprint density at radius 2 is 1.95 bits per heavy atom. The molecule has 2 aliphatic rings. The van der Waals surface area contributed by atoms with E-state index in [1.165, 1.54) is 6.08 Å². The number of hydrogen-bond acceptors (Lipinski definition) is 13. The second-order valence-corrected chi connectivity index (χ2v) is 10.3. The molecule has 2 heterocycles. The Morgan fingerprint density at radius 1 is 1.24 bits per heavy atom. The number of fused-ring (bicyclic) bond motifs is 1. The first-order valence-electron chi connectivity index (χ1n) is 10.9. The van der Waals surface area contributed by atoms with Crippen molar-refractivity contribution in [2.24, 2.45) is 5.16 Å². The van der Waals surface area contributed by atoms with Crippen LogP contribution in [0, 0.1) is 0 Å². The van der Waals surface area contributed by atoms with Gasteiger partial charge in [-0.25, -0.2) is 4.28 Å². The zero-order valence-corrected chi connectivity index (χ0v) is 20.7. The van der Waals surface area contributed by atoms with Gasteiger partial charge in [-0.2, -0.15) is 8.42 Å². The highest BCUT2D eigenvalue weighted by atomic mass is 32.3. The summed E-state index contributed by atoms with van der Waals surface area (Å²) in [6.45, 7) is 2.84. The van der Waals surface area contributed by atoms with Gasteiger partial charge in [-0.15, -0.1) is 0 Å². The third-order valence-electron chi connectivity index (χ3n) is 5.54. The summed E-state index contributed by atoms with van der Waals surface area (Å²) in [4.78, 5) is 24.9. The van der Waals surface area contributed by atoms with Gasteiger partial charge in [0.1, 0.15) is 41.0 Å². The van der Waals surface area contributed by atoms with Crippen LogP contribution in [-0.2, 0) is 33.7 Å². The van der Waals surface area contributed by atoms with Crippen molar-refractivity contribution < 1.29 is 56.7 Å². The van der Waals surface area contributed by atoms with E-state index in [9.17, 15) is 38.4 Å². The van der Waals surface area contributed by atoms with Crippen LogP contribution in [0.15, 0.2) is 42.1 Å². The van der Waals surface area contributed by atoms with Crippen LogP contribution in [0.5, 0.6) is 0 Å². The molecule has 204 valence electrons. The van der Waals surface area contributed by atoms with Gasteiger partial charge in [0.05, 0.1) is 18.9 Å². The third kappa shape index (κ3) is 7.48. The van der Waals surface area contributed by atoms with Gasteiger partial charge >= 0.3 is 16.4 Å². The van der Waals surface area contributed by atoms with Gasteiger partial charge in [0, 0.05) is 12.1 Å². The first-order chi connectivity index (χ1) is 17.4. The van der Waals surface area contributed by atoms with Crippen LogP contribution in [0.3, 0.4) is 0 Å². The molecule has 0 bridgehead atoms. The number of para-hydroxylation sites is 1. The summed E-state index contributed by atoms with van der Waals surface area (Å²) < 4.78 is 45.7. The molecular weight excluding hydrogens is 536 g/mol. The standard InChI is InChI=1S/C21H26N2O12S2/c1-2-10(33-16(25)8-12-11-5-3-4-6-13(11)22-20(12)29)7-15(23-35-37(30,31)32)36-21-19(28)18(27)17(26)14(9-24)34-21/h2-6,10,12,14,17-19,21,24,26-28H,1,7-9H2,(H,22,29)(H,30,31,32)/b23-15+/t10-,12?,14+,17+,18-,19+,21-/m0/s1. The van der Waals surface area contributed by atoms with Crippen molar-refractivity contribution in [2.75, 3.05) is 11.9 Å². The van der Waals surface area contributed by atoms with Gasteiger partial charge in [-0.1, -0.05) is 47.8 Å². The van der Waals surface area contributed by atoms with E-state index in [0.29, 0.717) is 23.0 Å². The number of carbonyl (C=O) groups excluding carboxylic acids is 2. The Labute approximate surface area is 215 Å². The van der Waals surface area contributed by atoms with Gasteiger partial charge in [0.2, 0.25) is 5.91 Å². The van der Waals surface area contributed by atoms with Crippen LogP contribution in [0.1, 0.15) is 24.3 Å². The van der Waals surface area contributed by atoms with E-state index in [2.05, 4.69) is 21.3 Å². The van der Waals surface area contributed by atoms with Gasteiger partial charge < -0.3 is 35.2 Å². The predicted molar refractivity (Wildman–Crippen MR) is 129 cm³/mol. The molecule has 1 aromatic rings. The number of nitrogens with one attached hydrogen (secondary N) is 1. The van der Waals surface area contributed by atoms with E-state index in [1.807, 2.05) is 0 Å². The molecule has 16 heteroatoms. The number of oxime groups is 1. The van der Waals surface area contributed by atoms with Crippen LogP contribution in [-0.4, -0.2) is 92.9 Å². The minimum absolute atomic E-state index is 0.288. The van der Waals surface area contributed by atoms with Crippen molar-refractivity contribution in [1.82, 2.24) is 0 Å². The molecule has 1 amide bonds. The molecule has 0 aromatic heterocycles. The van der Waals surface area contributed by atoms with Crippen LogP contribution in [0.25, 0.3) is 0 Å². The molecule has 0 spiro atoms. The SMILES string of the molecule is C=C[C@@H](C/C(=N\OS(=O)(=O)O)S[C@@H]1O[C@H](CO)[C@@H](O)[C@H](O)[C@H]1O)OC(=O)CC1C(=O)Nc2ccccc21. The summed E-state index contributed by atoms with van der Waals surface area (Å²) in [5.41, 5.74) is -0.168. The fourth-order valence-corrected chi connectivity index (χ4v) is 5.04. The first kappa shape index (κ1) is 29.0. The van der Waals surface area contributed by atoms with Crippen molar-refractivity contribution in [3.05, 3.63) is 42.5 Å². The fraction of sp³-hybridized carbons (Fsp3) is 0.476. The topological polar surface area (TPSA) is 222 Å². The Balaban J connectivity index is 1.71. The van der Waals surface area contributed by atoms with E-state index in [0.717, 1.165) is 0 Å². The van der Waals surface area contributed by atoms with Gasteiger partial charge in [-0.3, -0.25) is 14.1 Å². The van der Waals surface area contributed by atoms with Gasteiger partial charge in [0.25, 0.3) is 0 Å². The molecule has 6 N–H and O–H groups in total. The predicted octanol–water partition coefficient (Wildman–Crippen LogP) is -0.734. The number of benzene rings is 1. The van der Waals surface area contributed by atoms with E-state index >= 15 is 0 Å². The number of amides is 1. The third-order valence-corrected chi connectivity index (χ3v) is 6.94. The lowest BCUT2D eigenvalue weighted by atomic mass is 9.97. The number of carbonyl (C=O) groups is 2. The second-order valence-electron chi connectivity index (χ2n) is 8.10. The summed E-state index contributed by atoms with van der Waals surface area (Å²) >= 11 is 0.526. The molecule has 1 unspecified atom stereocenters. The molecule has 14 nitrogen and oxygen atoms in total. The van der Waals surface area contributed by atoms with Crippen molar-refractivity contribution in [1.29, 1.82) is 0 Å². The number of hydrogen-bond donors (Lipinski definition) is 6. The lowest BCUT2D eigenvalue weighted by molar-refractivity contribution is -0.205. The molecule has 0 saturated carbocycles. The van der Waals surface area contributed by atoms with E-state index in [-0.39, 0.29) is 23.8 Å². The van der Waals surface area contributed by atoms with Gasteiger partial charge in [0.15, 0.2) is 0 Å². The Hall–Kier alpha value is -2.57. The van der Waals surface area contributed by atoms with Crippen LogP contribution >= 0.6 is 11.8 Å². The van der Waals surface area contributed by atoms with Crippen molar-refractivity contribution >= 4 is 44.8 Å². The average molecular weight is 563 g/mol. The van der Waals surface area contributed by atoms with Crippen LogP contribution in [0.4, 0.5) is 5.69 Å². The highest BCUT2D eigenvalue weighted by molar-refractivity contribution is 8.14. The van der Waals surface area contributed by atoms with E-state index < -0.39 is 64.8 Å². The maximum atomic E-state index is 12.6. The second kappa shape index (κ2) is 12.3. The molecule has 1 fully saturated rings. The number of ether oxygens (including phenoxy) is 2. The minimum Gasteiger partial charge on any atom is -0.458 e. The number of aliphatic hydroxyl groups excluding tert-OH is 4.